The Morgan fingerprint density at radius 2 is 2.05 bits per heavy atom. The molecule has 108 valence electrons. The lowest BCUT2D eigenvalue weighted by molar-refractivity contribution is -0.143. The van der Waals surface area contributed by atoms with Crippen LogP contribution in [0.15, 0.2) is 0 Å². The molecule has 4 unspecified atom stereocenters. The summed E-state index contributed by atoms with van der Waals surface area (Å²) < 4.78 is 5.42. The fourth-order valence-electron chi connectivity index (χ4n) is 2.86. The van der Waals surface area contributed by atoms with Crippen molar-refractivity contribution in [3.8, 4) is 0 Å². The molecule has 6 heteroatoms. The predicted octanol–water partition coefficient (Wildman–Crippen LogP) is 1.06. The lowest BCUT2D eigenvalue weighted by atomic mass is 9.92. The monoisotopic (exact) mass is 270 g/mol. The molecule has 2 amide bonds. The summed E-state index contributed by atoms with van der Waals surface area (Å²) in [5, 5.41) is 12.0. The number of likely N-dealkylation sites (tertiary alicyclic amines) is 1. The van der Waals surface area contributed by atoms with E-state index in [0.717, 1.165) is 6.42 Å². The van der Waals surface area contributed by atoms with Gasteiger partial charge in [-0.05, 0) is 33.1 Å². The summed E-state index contributed by atoms with van der Waals surface area (Å²) in [6.45, 7) is 5.05. The number of carbonyl (C=O) groups excluding carboxylic acids is 1. The summed E-state index contributed by atoms with van der Waals surface area (Å²) in [4.78, 5) is 24.9. The molecule has 6 nitrogen and oxygen atoms in total. The Morgan fingerprint density at radius 1 is 1.32 bits per heavy atom. The third-order valence-corrected chi connectivity index (χ3v) is 4.17. The molecule has 2 aliphatic heterocycles. The van der Waals surface area contributed by atoms with Gasteiger partial charge in [0.2, 0.25) is 0 Å². The molecule has 0 aromatic carbocycles. The quantitative estimate of drug-likeness (QED) is 0.786. The second-order valence-corrected chi connectivity index (χ2v) is 5.52. The van der Waals surface area contributed by atoms with Gasteiger partial charge in [0.1, 0.15) is 0 Å². The van der Waals surface area contributed by atoms with Crippen molar-refractivity contribution in [2.45, 2.75) is 51.3 Å². The first kappa shape index (κ1) is 14.1. The number of nitrogens with zero attached hydrogens (tertiary/aromatic N) is 1. The van der Waals surface area contributed by atoms with Gasteiger partial charge in [-0.15, -0.1) is 0 Å². The van der Waals surface area contributed by atoms with Crippen molar-refractivity contribution in [2.24, 2.45) is 5.92 Å². The van der Waals surface area contributed by atoms with Crippen molar-refractivity contribution >= 4 is 12.0 Å². The molecule has 0 bridgehead atoms. The Hall–Kier alpha value is -1.30. The van der Waals surface area contributed by atoms with Crippen molar-refractivity contribution in [1.29, 1.82) is 0 Å². The molecule has 2 rings (SSSR count). The minimum absolute atomic E-state index is 0.0347. The molecular weight excluding hydrogens is 248 g/mol. The van der Waals surface area contributed by atoms with Crippen LogP contribution in [0.3, 0.4) is 0 Å². The van der Waals surface area contributed by atoms with Crippen molar-refractivity contribution in [3.05, 3.63) is 0 Å². The number of urea groups is 1. The van der Waals surface area contributed by atoms with Crippen LogP contribution in [0.5, 0.6) is 0 Å². The van der Waals surface area contributed by atoms with Gasteiger partial charge >= 0.3 is 12.0 Å². The Kier molecular flexibility index (Phi) is 4.29. The van der Waals surface area contributed by atoms with Crippen LogP contribution in [0.1, 0.15) is 33.1 Å². The van der Waals surface area contributed by atoms with E-state index in [9.17, 15) is 9.59 Å². The predicted molar refractivity (Wildman–Crippen MR) is 68.9 cm³/mol. The molecule has 2 N–H and O–H groups in total. The van der Waals surface area contributed by atoms with E-state index in [4.69, 9.17) is 9.84 Å². The van der Waals surface area contributed by atoms with E-state index in [-0.39, 0.29) is 30.1 Å². The molecule has 19 heavy (non-hydrogen) atoms. The first-order valence-corrected chi connectivity index (χ1v) is 6.90. The van der Waals surface area contributed by atoms with Crippen LogP contribution >= 0.6 is 0 Å². The lowest BCUT2D eigenvalue weighted by Crippen LogP contribution is -2.53. The lowest BCUT2D eigenvalue weighted by Gasteiger charge is -2.37. The summed E-state index contributed by atoms with van der Waals surface area (Å²) in [6, 6.07) is -0.0666. The van der Waals surface area contributed by atoms with Gasteiger partial charge in [0.15, 0.2) is 0 Å². The van der Waals surface area contributed by atoms with Crippen LogP contribution in [-0.4, -0.2) is 53.3 Å². The Balaban J connectivity index is 1.88. The average Bonchev–Trinajstić information content (AvgIpc) is 2.74. The summed E-state index contributed by atoms with van der Waals surface area (Å²) in [6.07, 6.45) is 1.95. The van der Waals surface area contributed by atoms with E-state index in [1.807, 2.05) is 13.8 Å². The molecule has 4 atom stereocenters. The largest absolute Gasteiger partial charge is 0.481 e. The van der Waals surface area contributed by atoms with Gasteiger partial charge in [-0.1, -0.05) is 0 Å². The molecule has 0 radical (unpaired) electrons. The minimum atomic E-state index is -0.760. The van der Waals surface area contributed by atoms with Gasteiger partial charge < -0.3 is 20.1 Å². The Bertz CT molecular complexity index is 361. The molecule has 2 fully saturated rings. The van der Waals surface area contributed by atoms with Crippen molar-refractivity contribution in [2.75, 3.05) is 13.2 Å². The SMILES string of the molecule is CC1OCCC1NC(=O)N1CCC(C(=O)O)CC1C. The number of carboxylic acids is 1. The normalized spacial score (nSPS) is 35.2. The van der Waals surface area contributed by atoms with Crippen LogP contribution in [0.25, 0.3) is 0 Å². The standard InChI is InChI=1S/C13H22N2O4/c1-8-7-10(12(16)17)3-5-15(8)13(18)14-11-4-6-19-9(11)2/h8-11H,3-7H2,1-2H3,(H,14,18)(H,16,17). The van der Waals surface area contributed by atoms with Crippen LogP contribution in [0.2, 0.25) is 0 Å². The molecule has 2 heterocycles. The van der Waals surface area contributed by atoms with E-state index < -0.39 is 5.97 Å². The zero-order chi connectivity index (χ0) is 14.0. The molecule has 0 spiro atoms. The smallest absolute Gasteiger partial charge is 0.317 e. The van der Waals surface area contributed by atoms with Gasteiger partial charge in [-0.2, -0.15) is 0 Å². The van der Waals surface area contributed by atoms with E-state index in [1.165, 1.54) is 0 Å². The highest BCUT2D eigenvalue weighted by molar-refractivity contribution is 5.76. The maximum absolute atomic E-state index is 12.2. The second-order valence-electron chi connectivity index (χ2n) is 5.52. The van der Waals surface area contributed by atoms with Crippen LogP contribution < -0.4 is 5.32 Å². The average molecular weight is 270 g/mol. The molecule has 0 aliphatic carbocycles. The maximum atomic E-state index is 12.2. The highest BCUT2D eigenvalue weighted by Gasteiger charge is 2.34. The van der Waals surface area contributed by atoms with Crippen molar-refractivity contribution in [1.82, 2.24) is 10.2 Å². The topological polar surface area (TPSA) is 78.9 Å². The van der Waals surface area contributed by atoms with Crippen molar-refractivity contribution in [3.63, 3.8) is 0 Å². The first-order valence-electron chi connectivity index (χ1n) is 6.90. The van der Waals surface area contributed by atoms with E-state index in [2.05, 4.69) is 5.32 Å². The van der Waals surface area contributed by atoms with E-state index in [0.29, 0.717) is 26.0 Å². The van der Waals surface area contributed by atoms with Gasteiger partial charge in [-0.3, -0.25) is 4.79 Å². The minimum Gasteiger partial charge on any atom is -0.481 e. The number of piperidine rings is 1. The number of carboxylic acid groups (broad SMARTS) is 1. The molecule has 2 saturated heterocycles. The van der Waals surface area contributed by atoms with E-state index in [1.54, 1.807) is 4.90 Å². The number of hydrogen-bond donors (Lipinski definition) is 2. The second kappa shape index (κ2) is 5.77. The fraction of sp³-hybridized carbons (Fsp3) is 0.846. The summed E-state index contributed by atoms with van der Waals surface area (Å²) >= 11 is 0. The van der Waals surface area contributed by atoms with Crippen LogP contribution in [0.4, 0.5) is 4.79 Å². The molecule has 0 aromatic rings. The number of rotatable bonds is 2. The molecule has 0 aromatic heterocycles. The number of amides is 2. The number of carbonyl (C=O) groups is 2. The zero-order valence-electron chi connectivity index (χ0n) is 11.5. The van der Waals surface area contributed by atoms with Gasteiger partial charge in [0.05, 0.1) is 18.1 Å². The maximum Gasteiger partial charge on any atom is 0.317 e. The number of ether oxygens (including phenoxy) is 1. The molecule has 2 aliphatic rings. The summed E-state index contributed by atoms with van der Waals surface area (Å²) in [5.41, 5.74) is 0. The molecule has 0 saturated carbocycles. The third-order valence-electron chi connectivity index (χ3n) is 4.17. The number of nitrogens with one attached hydrogen (secondary N) is 1. The highest BCUT2D eigenvalue weighted by atomic mass is 16.5. The van der Waals surface area contributed by atoms with Gasteiger partial charge in [-0.25, -0.2) is 4.79 Å². The van der Waals surface area contributed by atoms with Crippen molar-refractivity contribution < 1.29 is 19.4 Å². The van der Waals surface area contributed by atoms with Gasteiger partial charge in [0.25, 0.3) is 0 Å². The van der Waals surface area contributed by atoms with Gasteiger partial charge in [0, 0.05) is 19.2 Å². The summed E-state index contributed by atoms with van der Waals surface area (Å²) in [5.74, 6) is -1.09. The number of hydrogen-bond acceptors (Lipinski definition) is 3. The van der Waals surface area contributed by atoms with E-state index >= 15 is 0 Å². The van der Waals surface area contributed by atoms with Crippen LogP contribution in [0, 0.1) is 5.92 Å². The first-order chi connectivity index (χ1) is 8.99. The highest BCUT2D eigenvalue weighted by Crippen LogP contribution is 2.23. The Labute approximate surface area is 113 Å². The molecular formula is C13H22N2O4. The Morgan fingerprint density at radius 3 is 2.58 bits per heavy atom. The number of aliphatic carboxylic acids is 1. The van der Waals surface area contributed by atoms with Crippen LogP contribution in [-0.2, 0) is 9.53 Å². The fourth-order valence-corrected chi connectivity index (χ4v) is 2.86. The summed E-state index contributed by atoms with van der Waals surface area (Å²) in [7, 11) is 0. The zero-order valence-corrected chi connectivity index (χ0v) is 11.5. The third kappa shape index (κ3) is 3.18.